The Morgan fingerprint density at radius 1 is 1.26 bits per heavy atom. The van der Waals surface area contributed by atoms with Crippen molar-refractivity contribution in [3.05, 3.63) is 35.4 Å². The first-order valence-corrected chi connectivity index (χ1v) is 8.69. The summed E-state index contributed by atoms with van der Waals surface area (Å²) in [7, 11) is 1.76. The van der Waals surface area contributed by atoms with Crippen LogP contribution < -0.4 is 4.74 Å². The molecule has 1 aromatic carbocycles. The first kappa shape index (κ1) is 18.1. The summed E-state index contributed by atoms with van der Waals surface area (Å²) in [5, 5.41) is 0. The molecule has 126 valence electrons. The summed E-state index contributed by atoms with van der Waals surface area (Å²) in [4.78, 5) is 12.4. The van der Waals surface area contributed by atoms with Crippen molar-refractivity contribution in [1.82, 2.24) is 0 Å². The van der Waals surface area contributed by atoms with Gasteiger partial charge in [0, 0.05) is 24.4 Å². The lowest BCUT2D eigenvalue weighted by atomic mass is 9.70. The number of benzene rings is 1. The van der Waals surface area contributed by atoms with Gasteiger partial charge >= 0.3 is 5.97 Å². The van der Waals surface area contributed by atoms with Gasteiger partial charge in [0.15, 0.2) is 0 Å². The van der Waals surface area contributed by atoms with Crippen molar-refractivity contribution in [3.8, 4) is 5.75 Å². The van der Waals surface area contributed by atoms with E-state index >= 15 is 0 Å². The second-order valence-corrected chi connectivity index (χ2v) is 8.55. The van der Waals surface area contributed by atoms with Gasteiger partial charge in [-0.1, -0.05) is 58.5 Å². The summed E-state index contributed by atoms with van der Waals surface area (Å²) >= 11 is 1.75. The van der Waals surface area contributed by atoms with Gasteiger partial charge in [0.25, 0.3) is 0 Å². The van der Waals surface area contributed by atoms with Crippen LogP contribution in [0.4, 0.5) is 0 Å². The van der Waals surface area contributed by atoms with Gasteiger partial charge < -0.3 is 9.47 Å². The van der Waals surface area contributed by atoms with Gasteiger partial charge in [-0.25, -0.2) is 0 Å². The van der Waals surface area contributed by atoms with E-state index in [9.17, 15) is 4.79 Å². The fraction of sp³-hybridized carbons (Fsp3) is 0.526. The zero-order valence-corrected chi connectivity index (χ0v) is 15.8. The van der Waals surface area contributed by atoms with Gasteiger partial charge in [-0.05, 0) is 28.7 Å². The molecule has 2 rings (SSSR count). The third-order valence-electron chi connectivity index (χ3n) is 4.01. The number of ether oxygens (including phenoxy) is 2. The first-order chi connectivity index (χ1) is 10.6. The lowest BCUT2D eigenvalue weighted by molar-refractivity contribution is -0.131. The summed E-state index contributed by atoms with van der Waals surface area (Å²) in [5.41, 5.74) is 2.48. The number of carbonyl (C=O) groups is 1. The highest BCUT2D eigenvalue weighted by molar-refractivity contribution is 8.09. The van der Waals surface area contributed by atoms with Crippen LogP contribution in [0.3, 0.4) is 0 Å². The summed E-state index contributed by atoms with van der Waals surface area (Å²) in [6.45, 7) is 12.6. The van der Waals surface area contributed by atoms with Crippen molar-refractivity contribution >= 4 is 22.6 Å². The Labute approximate surface area is 143 Å². The van der Waals surface area contributed by atoms with E-state index in [4.69, 9.17) is 9.47 Å². The fourth-order valence-corrected chi connectivity index (χ4v) is 5.13. The Hall–Kier alpha value is -1.26. The molecule has 1 atom stereocenters. The average molecular weight is 334 g/mol. The number of hydrogen-bond acceptors (Lipinski definition) is 4. The number of hydrogen-bond donors (Lipinski definition) is 0. The zero-order valence-electron chi connectivity index (χ0n) is 15.0. The van der Waals surface area contributed by atoms with Crippen LogP contribution in [-0.4, -0.2) is 18.5 Å². The maximum atomic E-state index is 11.2. The van der Waals surface area contributed by atoms with Crippen molar-refractivity contribution in [3.63, 3.8) is 0 Å². The molecule has 0 amide bonds. The van der Waals surface area contributed by atoms with Crippen LogP contribution in [0.1, 0.15) is 47.1 Å². The average Bonchev–Trinajstić information content (AvgIpc) is 2.68. The molecular formula is C19H26O3S. The molecule has 0 aliphatic carbocycles. The molecule has 0 saturated carbocycles. The van der Waals surface area contributed by atoms with Gasteiger partial charge in [-0.3, -0.25) is 4.79 Å². The van der Waals surface area contributed by atoms with E-state index in [0.717, 1.165) is 5.56 Å². The minimum atomic E-state index is -0.304. The highest BCUT2D eigenvalue weighted by Gasteiger charge is 2.47. The highest BCUT2D eigenvalue weighted by atomic mass is 32.2. The Morgan fingerprint density at radius 2 is 1.91 bits per heavy atom. The standard InChI is InChI=1S/C19H26O3S/c1-12(20)22-14-10-8-9-13(11-14)15-16(18(2,3)4)19(5,6)17(21-7)23-15/h8-11,17H,1-7H3. The van der Waals surface area contributed by atoms with Crippen molar-refractivity contribution in [2.24, 2.45) is 10.8 Å². The topological polar surface area (TPSA) is 35.5 Å². The lowest BCUT2D eigenvalue weighted by Gasteiger charge is -2.35. The number of carbonyl (C=O) groups excluding carboxylic acids is 1. The number of thioether (sulfide) groups is 1. The highest BCUT2D eigenvalue weighted by Crippen LogP contribution is 2.59. The quantitative estimate of drug-likeness (QED) is 0.568. The molecule has 0 radical (unpaired) electrons. The molecule has 0 bridgehead atoms. The first-order valence-electron chi connectivity index (χ1n) is 7.81. The Balaban J connectivity index is 2.56. The van der Waals surface area contributed by atoms with Crippen molar-refractivity contribution in [2.75, 3.05) is 7.11 Å². The molecule has 3 nitrogen and oxygen atoms in total. The maximum absolute atomic E-state index is 11.2. The third-order valence-corrected chi connectivity index (χ3v) is 5.68. The molecule has 0 spiro atoms. The molecule has 23 heavy (non-hydrogen) atoms. The minimum Gasteiger partial charge on any atom is -0.427 e. The van der Waals surface area contributed by atoms with Gasteiger partial charge in [-0.2, -0.15) is 0 Å². The molecule has 0 saturated heterocycles. The summed E-state index contributed by atoms with van der Waals surface area (Å²) in [6, 6.07) is 7.73. The van der Waals surface area contributed by atoms with Gasteiger partial charge in [-0.15, -0.1) is 0 Å². The molecule has 0 N–H and O–H groups in total. The molecule has 0 aromatic heterocycles. The number of esters is 1. The van der Waals surface area contributed by atoms with Crippen LogP contribution >= 0.6 is 11.8 Å². The van der Waals surface area contributed by atoms with Gasteiger partial charge in [0.2, 0.25) is 0 Å². The largest absolute Gasteiger partial charge is 0.427 e. The van der Waals surface area contributed by atoms with Crippen LogP contribution in [0.15, 0.2) is 29.8 Å². The minimum absolute atomic E-state index is 0.0244. The second kappa shape index (κ2) is 6.33. The van der Waals surface area contributed by atoms with E-state index < -0.39 is 0 Å². The molecule has 1 aromatic rings. The maximum Gasteiger partial charge on any atom is 0.308 e. The molecule has 4 heteroatoms. The lowest BCUT2D eigenvalue weighted by Crippen LogP contribution is -2.31. The SMILES string of the molecule is COC1SC(c2cccc(OC(C)=O)c2)=C(C(C)(C)C)C1(C)C. The van der Waals surface area contributed by atoms with E-state index in [2.05, 4.69) is 40.7 Å². The molecule has 1 heterocycles. The Bertz CT molecular complexity index is 638. The van der Waals surface area contributed by atoms with E-state index in [1.54, 1.807) is 24.9 Å². The van der Waals surface area contributed by atoms with Crippen molar-refractivity contribution in [1.29, 1.82) is 0 Å². The Kier molecular flexibility index (Phi) is 4.97. The van der Waals surface area contributed by atoms with Gasteiger partial charge in [0.05, 0.1) is 0 Å². The van der Waals surface area contributed by atoms with Crippen LogP contribution in [0.5, 0.6) is 5.75 Å². The summed E-state index contributed by atoms with van der Waals surface area (Å²) in [6.07, 6.45) is 0. The van der Waals surface area contributed by atoms with Crippen molar-refractivity contribution in [2.45, 2.75) is 47.0 Å². The molecule has 1 aliphatic rings. The molecule has 1 unspecified atom stereocenters. The monoisotopic (exact) mass is 334 g/mol. The van der Waals surface area contributed by atoms with Crippen molar-refractivity contribution < 1.29 is 14.3 Å². The zero-order chi connectivity index (χ0) is 17.4. The van der Waals surface area contributed by atoms with E-state index in [-0.39, 0.29) is 22.2 Å². The third kappa shape index (κ3) is 3.64. The van der Waals surface area contributed by atoms with E-state index in [0.29, 0.717) is 5.75 Å². The van der Waals surface area contributed by atoms with E-state index in [1.165, 1.54) is 17.4 Å². The van der Waals surface area contributed by atoms with Gasteiger partial charge in [0.1, 0.15) is 11.2 Å². The molecule has 0 fully saturated rings. The normalized spacial score (nSPS) is 20.7. The summed E-state index contributed by atoms with van der Waals surface area (Å²) in [5.74, 6) is 0.274. The number of methoxy groups -OCH3 is 1. The predicted molar refractivity (Wildman–Crippen MR) is 96.3 cm³/mol. The molecular weight excluding hydrogens is 308 g/mol. The fourth-order valence-electron chi connectivity index (χ4n) is 3.45. The smallest absolute Gasteiger partial charge is 0.308 e. The summed E-state index contributed by atoms with van der Waals surface area (Å²) < 4.78 is 11.0. The van der Waals surface area contributed by atoms with Crippen LogP contribution in [-0.2, 0) is 9.53 Å². The van der Waals surface area contributed by atoms with Crippen LogP contribution in [0.25, 0.3) is 4.91 Å². The molecule has 1 aliphatic heterocycles. The Morgan fingerprint density at radius 3 is 2.43 bits per heavy atom. The van der Waals surface area contributed by atoms with Crippen LogP contribution in [0.2, 0.25) is 0 Å². The number of rotatable bonds is 3. The second-order valence-electron chi connectivity index (χ2n) is 7.48. The van der Waals surface area contributed by atoms with Crippen LogP contribution in [0, 0.1) is 10.8 Å². The predicted octanol–water partition coefficient (Wildman–Crippen LogP) is 5.11. The van der Waals surface area contributed by atoms with E-state index in [1.807, 2.05) is 12.1 Å².